The molecular formula is C25H29ClN4O4. The van der Waals surface area contributed by atoms with Crippen molar-refractivity contribution in [2.75, 3.05) is 22.9 Å². The van der Waals surface area contributed by atoms with Crippen LogP contribution < -0.4 is 22.9 Å². The second-order valence-electron chi connectivity index (χ2n) is 6.92. The number of nitrogens with two attached hydrogens (primary N) is 4. The van der Waals surface area contributed by atoms with Crippen LogP contribution in [0, 0.1) is 6.92 Å². The lowest BCUT2D eigenvalue weighted by molar-refractivity contribution is 0.471. The zero-order chi connectivity index (χ0) is 25.7. The van der Waals surface area contributed by atoms with Gasteiger partial charge in [0.25, 0.3) is 0 Å². The van der Waals surface area contributed by atoms with Gasteiger partial charge in [0.05, 0.1) is 5.69 Å². The van der Waals surface area contributed by atoms with Gasteiger partial charge in [0.1, 0.15) is 28.0 Å². The van der Waals surface area contributed by atoms with Crippen LogP contribution in [-0.4, -0.2) is 20.4 Å². The number of phenolic OH excluding ortho intramolecular Hbond substituents is 4. The van der Waals surface area contributed by atoms with Gasteiger partial charge in [-0.15, -0.1) is 0 Å². The van der Waals surface area contributed by atoms with Gasteiger partial charge in [-0.25, -0.2) is 0 Å². The third kappa shape index (κ3) is 10.7. The summed E-state index contributed by atoms with van der Waals surface area (Å²) in [6, 6.07) is 22.9. The lowest BCUT2D eigenvalue weighted by atomic mass is 10.2. The fraction of sp³-hybridized carbons (Fsp3) is 0.0400. The molecule has 4 aromatic rings. The molecule has 0 fully saturated rings. The minimum Gasteiger partial charge on any atom is -0.508 e. The first-order chi connectivity index (χ1) is 16.0. The number of phenols is 4. The van der Waals surface area contributed by atoms with Crippen LogP contribution in [0.3, 0.4) is 0 Å². The zero-order valence-corrected chi connectivity index (χ0v) is 19.3. The molecule has 0 aliphatic rings. The first kappa shape index (κ1) is 27.6. The van der Waals surface area contributed by atoms with E-state index in [9.17, 15) is 5.11 Å². The maximum Gasteiger partial charge on any atom is 0.139 e. The summed E-state index contributed by atoms with van der Waals surface area (Å²) in [4.78, 5) is 0. The predicted molar refractivity (Wildman–Crippen MR) is 140 cm³/mol. The van der Waals surface area contributed by atoms with E-state index in [1.165, 1.54) is 18.2 Å². The Hall–Kier alpha value is -4.43. The summed E-state index contributed by atoms with van der Waals surface area (Å²) < 4.78 is 0. The number of rotatable bonds is 0. The topological polar surface area (TPSA) is 185 Å². The van der Waals surface area contributed by atoms with Crippen LogP contribution in [0.5, 0.6) is 23.0 Å². The molecule has 8 nitrogen and oxygen atoms in total. The number of anilines is 4. The van der Waals surface area contributed by atoms with Crippen LogP contribution in [-0.2, 0) is 0 Å². The molecule has 0 heterocycles. The van der Waals surface area contributed by atoms with Crippen LogP contribution >= 0.6 is 11.6 Å². The Bertz CT molecular complexity index is 1010. The van der Waals surface area contributed by atoms with E-state index in [-0.39, 0.29) is 28.0 Å². The quantitative estimate of drug-likeness (QED) is 0.162. The van der Waals surface area contributed by atoms with E-state index in [0.717, 1.165) is 5.56 Å². The van der Waals surface area contributed by atoms with Crippen LogP contribution in [0.1, 0.15) is 5.56 Å². The van der Waals surface area contributed by atoms with Crippen molar-refractivity contribution in [1.82, 2.24) is 0 Å². The van der Waals surface area contributed by atoms with E-state index in [4.69, 9.17) is 49.9 Å². The monoisotopic (exact) mass is 484 g/mol. The Morgan fingerprint density at radius 3 is 1.15 bits per heavy atom. The average Bonchev–Trinajstić information content (AvgIpc) is 2.76. The molecule has 0 aliphatic carbocycles. The van der Waals surface area contributed by atoms with Crippen LogP contribution in [0.2, 0.25) is 5.02 Å². The standard InChI is InChI=1S/C7H8ClNO.3C6H7NO/c1-4-2-3-5(9)6(8)7(4)10;3*7-5-2-1-3-6(8)4-5/h2-3,10H,9H2,1H3;3*1-4,8H,7H2. The van der Waals surface area contributed by atoms with E-state index < -0.39 is 0 Å². The lowest BCUT2D eigenvalue weighted by Crippen LogP contribution is -1.86. The van der Waals surface area contributed by atoms with Crippen molar-refractivity contribution in [3.8, 4) is 23.0 Å². The summed E-state index contributed by atoms with van der Waals surface area (Å²) in [6.45, 7) is 1.76. The van der Waals surface area contributed by atoms with Crippen LogP contribution in [0.15, 0.2) is 84.9 Å². The molecule has 0 unspecified atom stereocenters. The minimum absolute atomic E-state index is 0.0710. The molecule has 0 saturated carbocycles. The van der Waals surface area contributed by atoms with E-state index in [1.54, 1.807) is 73.7 Å². The number of nitrogen functional groups attached to an aromatic ring is 4. The average molecular weight is 485 g/mol. The van der Waals surface area contributed by atoms with E-state index in [1.807, 2.05) is 0 Å². The Kier molecular flexibility index (Phi) is 11.3. The number of hydrogen-bond donors (Lipinski definition) is 8. The van der Waals surface area contributed by atoms with Crippen molar-refractivity contribution in [1.29, 1.82) is 0 Å². The summed E-state index contributed by atoms with van der Waals surface area (Å²) in [5, 5.41) is 35.6. The molecule has 0 radical (unpaired) electrons. The largest absolute Gasteiger partial charge is 0.508 e. The molecule has 9 heteroatoms. The van der Waals surface area contributed by atoms with Gasteiger partial charge in [0, 0.05) is 35.3 Å². The third-order valence-corrected chi connectivity index (χ3v) is 4.36. The number of hydrogen-bond acceptors (Lipinski definition) is 8. The molecule has 0 amide bonds. The maximum absolute atomic E-state index is 9.18. The number of benzene rings is 4. The first-order valence-corrected chi connectivity index (χ1v) is 10.2. The van der Waals surface area contributed by atoms with Crippen molar-refractivity contribution >= 4 is 34.4 Å². The third-order valence-electron chi connectivity index (χ3n) is 3.96. The fourth-order valence-electron chi connectivity index (χ4n) is 2.25. The summed E-state index contributed by atoms with van der Waals surface area (Å²) in [6.07, 6.45) is 0. The highest BCUT2D eigenvalue weighted by atomic mass is 35.5. The van der Waals surface area contributed by atoms with Crippen LogP contribution in [0.4, 0.5) is 22.7 Å². The molecule has 4 rings (SSSR count). The molecule has 0 spiro atoms. The van der Waals surface area contributed by atoms with Crippen molar-refractivity contribution in [2.45, 2.75) is 6.92 Å². The van der Waals surface area contributed by atoms with Gasteiger partial charge in [-0.2, -0.15) is 0 Å². The zero-order valence-electron chi connectivity index (χ0n) is 18.6. The Balaban J connectivity index is 0.000000228. The smallest absolute Gasteiger partial charge is 0.139 e. The summed E-state index contributed by atoms with van der Waals surface area (Å²) >= 11 is 5.61. The first-order valence-electron chi connectivity index (χ1n) is 9.86. The van der Waals surface area contributed by atoms with E-state index in [2.05, 4.69) is 0 Å². The normalized spacial score (nSPS) is 9.24. The summed E-state index contributed by atoms with van der Waals surface area (Å²) in [5.74, 6) is 0.710. The summed E-state index contributed by atoms with van der Waals surface area (Å²) in [7, 11) is 0. The van der Waals surface area contributed by atoms with Crippen molar-refractivity contribution in [2.24, 2.45) is 0 Å². The van der Waals surface area contributed by atoms with Crippen molar-refractivity contribution < 1.29 is 20.4 Å². The molecule has 0 saturated heterocycles. The molecule has 0 aliphatic heterocycles. The van der Waals surface area contributed by atoms with Crippen LogP contribution in [0.25, 0.3) is 0 Å². The van der Waals surface area contributed by atoms with E-state index >= 15 is 0 Å². The second-order valence-corrected chi connectivity index (χ2v) is 7.30. The van der Waals surface area contributed by atoms with Gasteiger partial charge in [0.15, 0.2) is 0 Å². The molecular weight excluding hydrogens is 456 g/mol. The van der Waals surface area contributed by atoms with Gasteiger partial charge in [0.2, 0.25) is 0 Å². The Labute approximate surface area is 203 Å². The van der Waals surface area contributed by atoms with Crippen molar-refractivity contribution in [3.63, 3.8) is 0 Å². The highest BCUT2D eigenvalue weighted by Gasteiger charge is 2.03. The Morgan fingerprint density at radius 2 is 0.912 bits per heavy atom. The molecule has 0 atom stereocenters. The Morgan fingerprint density at radius 1 is 0.559 bits per heavy atom. The molecule has 180 valence electrons. The molecule has 12 N–H and O–H groups in total. The molecule has 4 aromatic carbocycles. The van der Waals surface area contributed by atoms with Gasteiger partial charge in [-0.05, 0) is 55.0 Å². The van der Waals surface area contributed by atoms with E-state index in [0.29, 0.717) is 22.7 Å². The fourth-order valence-corrected chi connectivity index (χ4v) is 2.46. The number of aryl methyl sites for hydroxylation is 1. The highest BCUT2D eigenvalue weighted by Crippen LogP contribution is 2.31. The predicted octanol–water partition coefficient (Wildman–Crippen LogP) is 4.86. The highest BCUT2D eigenvalue weighted by molar-refractivity contribution is 6.34. The molecule has 34 heavy (non-hydrogen) atoms. The molecule has 0 bridgehead atoms. The SMILES string of the molecule is Cc1ccc(N)c(Cl)c1O.Nc1cccc(O)c1.Nc1cccc(O)c1.Nc1cccc(O)c1. The second kappa shape index (κ2) is 13.9. The lowest BCUT2D eigenvalue weighted by Gasteiger charge is -2.02. The minimum atomic E-state index is 0.0710. The van der Waals surface area contributed by atoms with Gasteiger partial charge < -0.3 is 43.4 Å². The van der Waals surface area contributed by atoms with Gasteiger partial charge >= 0.3 is 0 Å². The molecule has 0 aromatic heterocycles. The van der Waals surface area contributed by atoms with Crippen molar-refractivity contribution in [3.05, 3.63) is 95.5 Å². The van der Waals surface area contributed by atoms with Gasteiger partial charge in [-0.1, -0.05) is 35.9 Å². The maximum atomic E-state index is 9.18. The summed E-state index contributed by atoms with van der Waals surface area (Å²) in [5.41, 5.74) is 24.2. The number of halogens is 1. The number of aromatic hydroxyl groups is 4. The van der Waals surface area contributed by atoms with Gasteiger partial charge in [-0.3, -0.25) is 0 Å².